The molecule has 0 fully saturated rings. The van der Waals surface area contributed by atoms with Gasteiger partial charge in [-0.05, 0) is 56.7 Å². The number of halogens is 3. The van der Waals surface area contributed by atoms with E-state index in [9.17, 15) is 18.0 Å². The van der Waals surface area contributed by atoms with E-state index in [0.29, 0.717) is 10.8 Å². The fraction of sp³-hybridized carbons (Fsp3) is 0.250. The number of ether oxygens (including phenoxy) is 1. The van der Waals surface area contributed by atoms with Gasteiger partial charge in [-0.15, -0.1) is 23.4 Å². The van der Waals surface area contributed by atoms with Crippen LogP contribution in [0.3, 0.4) is 0 Å². The van der Waals surface area contributed by atoms with Crippen molar-refractivity contribution in [2.45, 2.75) is 37.5 Å². The van der Waals surface area contributed by atoms with Gasteiger partial charge in [-0.2, -0.15) is 0 Å². The maximum absolute atomic E-state index is 12.5. The fourth-order valence-electron chi connectivity index (χ4n) is 2.74. The molecule has 158 valence electrons. The van der Waals surface area contributed by atoms with Crippen LogP contribution >= 0.6 is 11.8 Å². The number of aromatic nitrogens is 3. The second-order valence-electron chi connectivity index (χ2n) is 6.59. The summed E-state index contributed by atoms with van der Waals surface area (Å²) in [6.45, 7) is 5.70. The lowest BCUT2D eigenvalue weighted by atomic mass is 10.1. The largest absolute Gasteiger partial charge is 0.573 e. The van der Waals surface area contributed by atoms with Gasteiger partial charge in [0, 0.05) is 5.69 Å². The summed E-state index contributed by atoms with van der Waals surface area (Å²) in [5.41, 5.74) is 3.46. The SMILES string of the molecule is Cc1ccc(-n2cnnc2SC(C)C(=O)Nc2ccc(OC(F)(F)F)cc2)c(C)c1. The molecule has 3 aromatic rings. The molecular formula is C20H19F3N4O2S. The quantitative estimate of drug-likeness (QED) is 0.557. The average Bonchev–Trinajstić information content (AvgIpc) is 3.10. The lowest BCUT2D eigenvalue weighted by molar-refractivity contribution is -0.274. The first-order chi connectivity index (χ1) is 14.1. The summed E-state index contributed by atoms with van der Waals surface area (Å²) >= 11 is 1.23. The highest BCUT2D eigenvalue weighted by atomic mass is 32.2. The number of alkyl halides is 3. The Balaban J connectivity index is 1.66. The maximum atomic E-state index is 12.5. The second kappa shape index (κ2) is 8.78. The predicted molar refractivity (Wildman–Crippen MR) is 108 cm³/mol. The molecule has 30 heavy (non-hydrogen) atoms. The molecule has 2 aromatic carbocycles. The number of hydrogen-bond donors (Lipinski definition) is 1. The van der Waals surface area contributed by atoms with E-state index in [0.717, 1.165) is 28.9 Å². The summed E-state index contributed by atoms with van der Waals surface area (Å²) in [4.78, 5) is 12.5. The number of thioether (sulfide) groups is 1. The van der Waals surface area contributed by atoms with Crippen LogP contribution < -0.4 is 10.1 Å². The van der Waals surface area contributed by atoms with Gasteiger partial charge in [0.15, 0.2) is 5.16 Å². The number of benzene rings is 2. The summed E-state index contributed by atoms with van der Waals surface area (Å²) in [6.07, 6.45) is -3.17. The van der Waals surface area contributed by atoms with Crippen LogP contribution in [0, 0.1) is 13.8 Å². The molecule has 1 unspecified atom stereocenters. The van der Waals surface area contributed by atoms with Gasteiger partial charge in [0.2, 0.25) is 5.91 Å². The van der Waals surface area contributed by atoms with Gasteiger partial charge in [-0.1, -0.05) is 29.5 Å². The van der Waals surface area contributed by atoms with Gasteiger partial charge >= 0.3 is 6.36 Å². The minimum atomic E-state index is -4.76. The number of nitrogens with one attached hydrogen (secondary N) is 1. The van der Waals surface area contributed by atoms with Crippen molar-refractivity contribution in [2.75, 3.05) is 5.32 Å². The van der Waals surface area contributed by atoms with Gasteiger partial charge < -0.3 is 10.1 Å². The Kier molecular flexibility index (Phi) is 6.35. The van der Waals surface area contributed by atoms with Crippen molar-refractivity contribution in [3.63, 3.8) is 0 Å². The van der Waals surface area contributed by atoms with Crippen molar-refractivity contribution < 1.29 is 22.7 Å². The van der Waals surface area contributed by atoms with Gasteiger partial charge in [0.25, 0.3) is 0 Å². The highest BCUT2D eigenvalue weighted by molar-refractivity contribution is 8.00. The Morgan fingerprint density at radius 2 is 1.87 bits per heavy atom. The van der Waals surface area contributed by atoms with Crippen LogP contribution in [-0.4, -0.2) is 32.3 Å². The molecule has 3 rings (SSSR count). The van der Waals surface area contributed by atoms with E-state index < -0.39 is 11.6 Å². The Morgan fingerprint density at radius 3 is 2.50 bits per heavy atom. The molecule has 0 spiro atoms. The molecule has 0 aliphatic heterocycles. The summed E-state index contributed by atoms with van der Waals surface area (Å²) in [7, 11) is 0. The highest BCUT2D eigenvalue weighted by Crippen LogP contribution is 2.27. The first kappa shape index (κ1) is 21.7. The third-order valence-corrected chi connectivity index (χ3v) is 5.19. The minimum absolute atomic E-state index is 0.320. The van der Waals surface area contributed by atoms with Crippen LogP contribution in [0.15, 0.2) is 53.9 Å². The molecule has 1 heterocycles. The zero-order chi connectivity index (χ0) is 21.9. The Morgan fingerprint density at radius 1 is 1.17 bits per heavy atom. The summed E-state index contributed by atoms with van der Waals surface area (Å²) in [5.74, 6) is -0.677. The molecule has 1 N–H and O–H groups in total. The van der Waals surface area contributed by atoms with Gasteiger partial charge in [0.1, 0.15) is 12.1 Å². The number of nitrogens with zero attached hydrogens (tertiary/aromatic N) is 3. The normalized spacial score (nSPS) is 12.5. The van der Waals surface area contributed by atoms with E-state index in [1.54, 1.807) is 13.3 Å². The minimum Gasteiger partial charge on any atom is -0.406 e. The molecule has 1 aromatic heterocycles. The number of carbonyl (C=O) groups excluding carboxylic acids is 1. The molecule has 10 heteroatoms. The van der Waals surface area contributed by atoms with Crippen molar-refractivity contribution in [3.8, 4) is 11.4 Å². The van der Waals surface area contributed by atoms with Crippen LogP contribution in [-0.2, 0) is 4.79 Å². The van der Waals surface area contributed by atoms with Crippen molar-refractivity contribution in [2.24, 2.45) is 0 Å². The molecule has 1 atom stereocenters. The number of anilines is 1. The van der Waals surface area contributed by atoms with Crippen molar-refractivity contribution in [1.82, 2.24) is 14.8 Å². The van der Waals surface area contributed by atoms with Gasteiger partial charge in [0.05, 0.1) is 10.9 Å². The molecular weight excluding hydrogens is 417 g/mol. The standard InChI is InChI=1S/C20H19F3N4O2S/c1-12-4-9-17(13(2)10-12)27-11-24-26-19(27)30-14(3)18(28)25-15-5-7-16(8-6-15)29-20(21,22)23/h4-11,14H,1-3H3,(H,25,28). The summed E-state index contributed by atoms with van der Waals surface area (Å²) in [6, 6.07) is 11.0. The molecule has 0 aliphatic rings. The lowest BCUT2D eigenvalue weighted by Gasteiger charge is -2.14. The van der Waals surface area contributed by atoms with Crippen molar-refractivity contribution in [3.05, 3.63) is 59.9 Å². The number of aryl methyl sites for hydroxylation is 2. The molecule has 0 bridgehead atoms. The highest BCUT2D eigenvalue weighted by Gasteiger charge is 2.31. The van der Waals surface area contributed by atoms with Crippen molar-refractivity contribution in [1.29, 1.82) is 0 Å². The Hall–Kier alpha value is -3.01. The maximum Gasteiger partial charge on any atom is 0.573 e. The van der Waals surface area contributed by atoms with Crippen LogP contribution in [0.5, 0.6) is 5.75 Å². The monoisotopic (exact) mass is 436 g/mol. The molecule has 1 amide bonds. The predicted octanol–water partition coefficient (Wildman–Crippen LogP) is 4.90. The van der Waals surface area contributed by atoms with E-state index in [1.165, 1.54) is 23.9 Å². The van der Waals surface area contributed by atoms with E-state index in [1.807, 2.05) is 36.6 Å². The first-order valence-electron chi connectivity index (χ1n) is 8.93. The lowest BCUT2D eigenvalue weighted by Crippen LogP contribution is -2.23. The van der Waals surface area contributed by atoms with E-state index in [-0.39, 0.29) is 11.7 Å². The second-order valence-corrected chi connectivity index (χ2v) is 7.90. The van der Waals surface area contributed by atoms with E-state index in [4.69, 9.17) is 0 Å². The fourth-order valence-corrected chi connectivity index (χ4v) is 3.58. The van der Waals surface area contributed by atoms with Crippen LogP contribution in [0.1, 0.15) is 18.1 Å². The zero-order valence-electron chi connectivity index (χ0n) is 16.4. The molecule has 0 radical (unpaired) electrons. The summed E-state index contributed by atoms with van der Waals surface area (Å²) < 4.78 is 42.3. The van der Waals surface area contributed by atoms with E-state index >= 15 is 0 Å². The number of carbonyl (C=O) groups is 1. The Bertz CT molecular complexity index is 1040. The molecule has 0 aliphatic carbocycles. The van der Waals surface area contributed by atoms with Crippen LogP contribution in [0.2, 0.25) is 0 Å². The van der Waals surface area contributed by atoms with Crippen LogP contribution in [0.4, 0.5) is 18.9 Å². The topological polar surface area (TPSA) is 69.0 Å². The van der Waals surface area contributed by atoms with Crippen molar-refractivity contribution >= 4 is 23.4 Å². The summed E-state index contributed by atoms with van der Waals surface area (Å²) in [5, 5.41) is 10.8. The molecule has 0 saturated heterocycles. The van der Waals surface area contributed by atoms with Crippen LogP contribution in [0.25, 0.3) is 5.69 Å². The average molecular weight is 436 g/mol. The smallest absolute Gasteiger partial charge is 0.406 e. The molecule has 0 saturated carbocycles. The first-order valence-corrected chi connectivity index (χ1v) is 9.81. The number of amides is 1. The number of hydrogen-bond acceptors (Lipinski definition) is 5. The third kappa shape index (κ3) is 5.53. The van der Waals surface area contributed by atoms with Gasteiger partial charge in [-0.3, -0.25) is 9.36 Å². The van der Waals surface area contributed by atoms with Gasteiger partial charge in [-0.25, -0.2) is 0 Å². The van der Waals surface area contributed by atoms with E-state index in [2.05, 4.69) is 20.3 Å². The third-order valence-electron chi connectivity index (χ3n) is 4.14. The Labute approximate surface area is 175 Å². The molecule has 6 nitrogen and oxygen atoms in total. The zero-order valence-corrected chi connectivity index (χ0v) is 17.2. The number of rotatable bonds is 6.